The third kappa shape index (κ3) is 4.20. The first-order valence-electron chi connectivity index (χ1n) is 7.43. The van der Waals surface area contributed by atoms with E-state index in [-0.39, 0.29) is 18.5 Å². The molecule has 0 aromatic carbocycles. The summed E-state index contributed by atoms with van der Waals surface area (Å²) in [6.07, 6.45) is 6.93. The van der Waals surface area contributed by atoms with Gasteiger partial charge in [-0.3, -0.25) is 4.79 Å². The number of nitrogens with zero attached hydrogens (tertiary/aromatic N) is 3. The van der Waals surface area contributed by atoms with Gasteiger partial charge in [0.1, 0.15) is 5.02 Å². The van der Waals surface area contributed by atoms with Gasteiger partial charge < -0.3 is 16.0 Å². The van der Waals surface area contributed by atoms with Gasteiger partial charge in [-0.25, -0.2) is 4.98 Å². The maximum Gasteiger partial charge on any atom is 0.237 e. The van der Waals surface area contributed by atoms with E-state index in [0.29, 0.717) is 16.8 Å². The zero-order valence-corrected chi connectivity index (χ0v) is 13.1. The molecule has 0 radical (unpaired) electrons. The first-order chi connectivity index (χ1) is 10.1. The highest BCUT2D eigenvalue weighted by Crippen LogP contribution is 2.31. The van der Waals surface area contributed by atoms with E-state index in [4.69, 9.17) is 17.3 Å². The van der Waals surface area contributed by atoms with Gasteiger partial charge in [-0.15, -0.1) is 0 Å². The lowest BCUT2D eigenvalue weighted by atomic mass is 10.2. The smallest absolute Gasteiger partial charge is 0.237 e. The maximum absolute atomic E-state index is 11.4. The summed E-state index contributed by atoms with van der Waals surface area (Å²) in [4.78, 5) is 22.0. The summed E-state index contributed by atoms with van der Waals surface area (Å²) in [6.45, 7) is 3.00. The third-order valence-electron chi connectivity index (χ3n) is 3.62. The highest BCUT2D eigenvalue weighted by atomic mass is 35.5. The fraction of sp³-hybridized carbons (Fsp3) is 0.643. The van der Waals surface area contributed by atoms with Crippen LogP contribution in [0.4, 0.5) is 11.8 Å². The summed E-state index contributed by atoms with van der Waals surface area (Å²) < 4.78 is 0. The Bertz CT molecular complexity index is 490. The van der Waals surface area contributed by atoms with Gasteiger partial charge in [0.2, 0.25) is 11.9 Å². The lowest BCUT2D eigenvalue weighted by Crippen LogP contribution is -2.41. The molecule has 1 aliphatic rings. The Morgan fingerprint density at radius 1 is 1.52 bits per heavy atom. The Morgan fingerprint density at radius 3 is 2.86 bits per heavy atom. The molecule has 1 aliphatic carbocycles. The molecule has 2 rings (SSSR count). The van der Waals surface area contributed by atoms with E-state index >= 15 is 0 Å². The van der Waals surface area contributed by atoms with E-state index in [9.17, 15) is 4.79 Å². The van der Waals surface area contributed by atoms with Crippen LogP contribution in [0.3, 0.4) is 0 Å². The van der Waals surface area contributed by atoms with Gasteiger partial charge in [-0.05, 0) is 19.3 Å². The van der Waals surface area contributed by atoms with Gasteiger partial charge >= 0.3 is 0 Å². The van der Waals surface area contributed by atoms with Crippen molar-refractivity contribution >= 4 is 29.3 Å². The van der Waals surface area contributed by atoms with Crippen LogP contribution in [-0.4, -0.2) is 35.0 Å². The van der Waals surface area contributed by atoms with Crippen molar-refractivity contribution < 1.29 is 4.79 Å². The van der Waals surface area contributed by atoms with Crippen LogP contribution in [0.1, 0.15) is 39.0 Å². The highest BCUT2D eigenvalue weighted by molar-refractivity contribution is 6.32. The van der Waals surface area contributed by atoms with Crippen LogP contribution < -0.4 is 16.0 Å². The summed E-state index contributed by atoms with van der Waals surface area (Å²) in [5, 5.41) is 3.59. The molecule has 0 atom stereocenters. The van der Waals surface area contributed by atoms with E-state index in [1.807, 2.05) is 4.90 Å². The van der Waals surface area contributed by atoms with Crippen LogP contribution in [0.25, 0.3) is 0 Å². The fourth-order valence-corrected chi connectivity index (χ4v) is 2.84. The summed E-state index contributed by atoms with van der Waals surface area (Å²) in [5.41, 5.74) is 5.38. The van der Waals surface area contributed by atoms with Crippen molar-refractivity contribution in [2.45, 2.75) is 45.1 Å². The molecule has 0 bridgehead atoms. The Balaban J connectivity index is 2.26. The van der Waals surface area contributed by atoms with Crippen LogP contribution in [0, 0.1) is 0 Å². The number of anilines is 2. The number of halogens is 1. The first kappa shape index (κ1) is 15.8. The van der Waals surface area contributed by atoms with Gasteiger partial charge in [0.25, 0.3) is 0 Å². The van der Waals surface area contributed by atoms with E-state index in [0.717, 1.165) is 38.6 Å². The number of aromatic nitrogens is 2. The number of hydrogen-bond donors (Lipinski definition) is 2. The minimum atomic E-state index is -0.375. The molecule has 1 saturated carbocycles. The average Bonchev–Trinajstić information content (AvgIpc) is 2.98. The van der Waals surface area contributed by atoms with Gasteiger partial charge in [0.05, 0.1) is 12.7 Å². The van der Waals surface area contributed by atoms with E-state index in [1.54, 1.807) is 6.20 Å². The summed E-state index contributed by atoms with van der Waals surface area (Å²) in [6, 6.07) is 0.268. The summed E-state index contributed by atoms with van der Waals surface area (Å²) >= 11 is 6.24. The molecule has 0 aliphatic heterocycles. The number of rotatable bonds is 7. The number of nitrogens with one attached hydrogen (secondary N) is 1. The average molecular weight is 312 g/mol. The summed E-state index contributed by atoms with van der Waals surface area (Å²) in [5.74, 6) is 0.749. The van der Waals surface area contributed by atoms with E-state index in [1.165, 1.54) is 0 Å². The van der Waals surface area contributed by atoms with Crippen molar-refractivity contribution in [1.82, 2.24) is 9.97 Å². The Morgan fingerprint density at radius 2 is 2.24 bits per heavy atom. The number of carbonyl (C=O) groups excluding carboxylic acids is 1. The zero-order valence-electron chi connectivity index (χ0n) is 12.3. The molecule has 1 amide bonds. The molecule has 7 heteroatoms. The molecule has 0 unspecified atom stereocenters. The lowest BCUT2D eigenvalue weighted by molar-refractivity contribution is -0.116. The molecule has 116 valence electrons. The number of amides is 1. The second-order valence-electron chi connectivity index (χ2n) is 5.32. The second-order valence-corrected chi connectivity index (χ2v) is 5.73. The van der Waals surface area contributed by atoms with Crippen LogP contribution in [-0.2, 0) is 4.79 Å². The Hall–Kier alpha value is -1.56. The molecule has 3 N–H and O–H groups in total. The number of carbonyl (C=O) groups is 1. The molecule has 1 fully saturated rings. The van der Waals surface area contributed by atoms with Crippen molar-refractivity contribution in [2.24, 2.45) is 5.73 Å². The number of primary amides is 1. The van der Waals surface area contributed by atoms with Crippen molar-refractivity contribution in [1.29, 1.82) is 0 Å². The molecule has 1 heterocycles. The normalized spacial score (nSPS) is 15.1. The molecule has 1 aromatic rings. The SMILES string of the molecule is CCCNc1ncc(Cl)c(N(CC(N)=O)C2CCCC2)n1. The molecule has 6 nitrogen and oxygen atoms in total. The largest absolute Gasteiger partial charge is 0.368 e. The minimum absolute atomic E-state index is 0.134. The number of nitrogens with two attached hydrogens (primary N) is 1. The molecule has 21 heavy (non-hydrogen) atoms. The first-order valence-corrected chi connectivity index (χ1v) is 7.81. The predicted molar refractivity (Wildman–Crippen MR) is 84.6 cm³/mol. The predicted octanol–water partition coefficient (Wildman–Crippen LogP) is 2.19. The maximum atomic E-state index is 11.4. The standard InChI is InChI=1S/C14H22ClN5O/c1-2-7-17-14-18-8-11(15)13(19-14)20(9-12(16)21)10-5-3-4-6-10/h8,10H,2-7,9H2,1H3,(H2,16,21)(H,17,18,19). The quantitative estimate of drug-likeness (QED) is 0.806. The van der Waals surface area contributed by atoms with Crippen LogP contribution in [0.15, 0.2) is 6.20 Å². The number of hydrogen-bond acceptors (Lipinski definition) is 5. The summed E-state index contributed by atoms with van der Waals surface area (Å²) in [7, 11) is 0. The van der Waals surface area contributed by atoms with Crippen molar-refractivity contribution in [3.05, 3.63) is 11.2 Å². The zero-order chi connectivity index (χ0) is 15.2. The van der Waals surface area contributed by atoms with Crippen molar-refractivity contribution in [2.75, 3.05) is 23.3 Å². The molecular weight excluding hydrogens is 290 g/mol. The van der Waals surface area contributed by atoms with E-state index in [2.05, 4.69) is 22.2 Å². The fourth-order valence-electron chi connectivity index (χ4n) is 2.64. The van der Waals surface area contributed by atoms with Crippen LogP contribution in [0.5, 0.6) is 0 Å². The van der Waals surface area contributed by atoms with Crippen molar-refractivity contribution in [3.63, 3.8) is 0 Å². The minimum Gasteiger partial charge on any atom is -0.368 e. The molecule has 0 saturated heterocycles. The second kappa shape index (κ2) is 7.45. The molecular formula is C14H22ClN5O. The van der Waals surface area contributed by atoms with Gasteiger partial charge in [0, 0.05) is 12.6 Å². The van der Waals surface area contributed by atoms with Gasteiger partial charge in [-0.1, -0.05) is 31.4 Å². The van der Waals surface area contributed by atoms with Gasteiger partial charge in [0.15, 0.2) is 5.82 Å². The molecule has 1 aromatic heterocycles. The lowest BCUT2D eigenvalue weighted by Gasteiger charge is -2.29. The Labute approximate surface area is 130 Å². The highest BCUT2D eigenvalue weighted by Gasteiger charge is 2.27. The van der Waals surface area contributed by atoms with E-state index < -0.39 is 0 Å². The van der Waals surface area contributed by atoms with Crippen LogP contribution >= 0.6 is 11.6 Å². The van der Waals surface area contributed by atoms with Gasteiger partial charge in [-0.2, -0.15) is 4.98 Å². The topological polar surface area (TPSA) is 84.1 Å². The van der Waals surface area contributed by atoms with Crippen LogP contribution in [0.2, 0.25) is 5.02 Å². The third-order valence-corrected chi connectivity index (χ3v) is 3.89. The monoisotopic (exact) mass is 311 g/mol. The Kier molecular flexibility index (Phi) is 5.61. The molecule has 0 spiro atoms. The van der Waals surface area contributed by atoms with Crippen molar-refractivity contribution in [3.8, 4) is 0 Å².